The van der Waals surface area contributed by atoms with Crippen molar-refractivity contribution in [2.75, 3.05) is 18.6 Å². The van der Waals surface area contributed by atoms with Crippen molar-refractivity contribution >= 4 is 28.3 Å². The average Bonchev–Trinajstić information content (AvgIpc) is 2.71. The maximum Gasteiger partial charge on any atom is 0.394 e. The fraction of sp³-hybridized carbons (Fsp3) is 0.300. The number of carboxylic acid groups (broad SMARTS) is 1. The molecule has 0 aromatic heterocycles. The lowest BCUT2D eigenvalue weighted by molar-refractivity contribution is 0.0697. The first-order valence-electron chi connectivity index (χ1n) is 9.36. The van der Waals surface area contributed by atoms with Gasteiger partial charge in [0.2, 0.25) is 0 Å². The molecule has 4 N–H and O–H groups in total. The molecule has 31 heavy (non-hydrogen) atoms. The standard InChI is InChI=1S/C20H24N2O4.H2O4S/c1-3-11-25-18-10-7-16(19(13-18)26-12-4-2)14-21-22-17-8-5-15(6-9-17)20(23)24;1-5(2,3)4/h5-10,13-14,22H,3-4,11-12H2,1-2H3,(H,23,24);(H2,1,2,3,4)/b21-14+;. The number of ether oxygens (including phenoxy) is 2. The highest BCUT2D eigenvalue weighted by Crippen LogP contribution is 2.24. The smallest absolute Gasteiger partial charge is 0.394 e. The second-order valence-electron chi connectivity index (χ2n) is 6.10. The molecule has 0 spiro atoms. The molecule has 11 heteroatoms. The predicted octanol–water partition coefficient (Wildman–Crippen LogP) is 3.76. The van der Waals surface area contributed by atoms with Gasteiger partial charge in [0.15, 0.2) is 0 Å². The zero-order valence-corrected chi connectivity index (χ0v) is 18.0. The SMILES string of the molecule is CCCOc1ccc(/C=N/Nc2ccc(C(=O)O)cc2)c(OCCC)c1.O=S(=O)(O)O. The van der Waals surface area contributed by atoms with Gasteiger partial charge in [-0.1, -0.05) is 13.8 Å². The molecule has 0 saturated heterocycles. The monoisotopic (exact) mass is 454 g/mol. The van der Waals surface area contributed by atoms with Crippen molar-refractivity contribution in [3.63, 3.8) is 0 Å². The minimum Gasteiger partial charge on any atom is -0.493 e. The largest absolute Gasteiger partial charge is 0.493 e. The van der Waals surface area contributed by atoms with Crippen LogP contribution in [0.2, 0.25) is 0 Å². The van der Waals surface area contributed by atoms with E-state index in [-0.39, 0.29) is 5.56 Å². The van der Waals surface area contributed by atoms with Gasteiger partial charge < -0.3 is 14.6 Å². The van der Waals surface area contributed by atoms with Gasteiger partial charge in [-0.2, -0.15) is 13.5 Å². The Bertz CT molecular complexity index is 952. The first-order chi connectivity index (χ1) is 14.6. The molecule has 0 amide bonds. The van der Waals surface area contributed by atoms with Crippen LogP contribution in [0, 0.1) is 0 Å². The third-order valence-corrected chi connectivity index (χ3v) is 3.45. The molecular weight excluding hydrogens is 428 g/mol. The topological polar surface area (TPSA) is 155 Å². The van der Waals surface area contributed by atoms with Crippen LogP contribution in [-0.2, 0) is 10.4 Å². The molecule has 0 aliphatic carbocycles. The molecule has 10 nitrogen and oxygen atoms in total. The fourth-order valence-electron chi connectivity index (χ4n) is 2.13. The normalized spacial score (nSPS) is 10.8. The van der Waals surface area contributed by atoms with Gasteiger partial charge in [0.25, 0.3) is 0 Å². The number of carboxylic acids is 1. The van der Waals surface area contributed by atoms with Crippen molar-refractivity contribution < 1.29 is 36.9 Å². The second-order valence-corrected chi connectivity index (χ2v) is 6.99. The Balaban J connectivity index is 0.000000861. The van der Waals surface area contributed by atoms with Gasteiger partial charge in [0, 0.05) is 11.6 Å². The predicted molar refractivity (Wildman–Crippen MR) is 117 cm³/mol. The van der Waals surface area contributed by atoms with Gasteiger partial charge in [-0.05, 0) is 49.2 Å². The zero-order chi connectivity index (χ0) is 23.3. The van der Waals surface area contributed by atoms with Crippen molar-refractivity contribution in [2.45, 2.75) is 26.7 Å². The van der Waals surface area contributed by atoms with Gasteiger partial charge in [0.05, 0.1) is 30.7 Å². The van der Waals surface area contributed by atoms with Crippen LogP contribution < -0.4 is 14.9 Å². The van der Waals surface area contributed by atoms with Crippen molar-refractivity contribution in [1.29, 1.82) is 0 Å². The summed E-state index contributed by atoms with van der Waals surface area (Å²) in [5.74, 6) is 0.530. The Morgan fingerprint density at radius 1 is 1.03 bits per heavy atom. The van der Waals surface area contributed by atoms with Crippen LogP contribution in [0.25, 0.3) is 0 Å². The molecule has 2 aromatic rings. The summed E-state index contributed by atoms with van der Waals surface area (Å²) >= 11 is 0. The average molecular weight is 455 g/mol. The molecular formula is C20H26N2O8S. The molecule has 0 fully saturated rings. The van der Waals surface area contributed by atoms with Crippen LogP contribution in [0.5, 0.6) is 11.5 Å². The van der Waals surface area contributed by atoms with E-state index in [1.54, 1.807) is 18.3 Å². The molecule has 0 aliphatic heterocycles. The van der Waals surface area contributed by atoms with Crippen LogP contribution in [-0.4, -0.2) is 48.0 Å². The van der Waals surface area contributed by atoms with Crippen molar-refractivity contribution in [2.24, 2.45) is 5.10 Å². The lowest BCUT2D eigenvalue weighted by Gasteiger charge is -2.11. The van der Waals surface area contributed by atoms with E-state index >= 15 is 0 Å². The highest BCUT2D eigenvalue weighted by atomic mass is 32.3. The minimum atomic E-state index is -4.67. The Morgan fingerprint density at radius 3 is 2.16 bits per heavy atom. The molecule has 2 rings (SSSR count). The van der Waals surface area contributed by atoms with Crippen LogP contribution in [0.3, 0.4) is 0 Å². The molecule has 0 saturated carbocycles. The molecule has 0 heterocycles. The van der Waals surface area contributed by atoms with Crippen molar-refractivity contribution in [3.8, 4) is 11.5 Å². The third kappa shape index (κ3) is 11.6. The van der Waals surface area contributed by atoms with Crippen molar-refractivity contribution in [1.82, 2.24) is 0 Å². The molecule has 0 radical (unpaired) electrons. The summed E-state index contributed by atoms with van der Waals surface area (Å²) in [5, 5.41) is 13.1. The van der Waals surface area contributed by atoms with Crippen LogP contribution in [0.4, 0.5) is 5.69 Å². The van der Waals surface area contributed by atoms with Crippen molar-refractivity contribution in [3.05, 3.63) is 53.6 Å². The number of nitrogens with one attached hydrogen (secondary N) is 1. The lowest BCUT2D eigenvalue weighted by Crippen LogP contribution is -2.01. The highest BCUT2D eigenvalue weighted by Gasteiger charge is 2.05. The van der Waals surface area contributed by atoms with Gasteiger partial charge in [-0.3, -0.25) is 14.5 Å². The quantitative estimate of drug-likeness (QED) is 0.238. The maximum absolute atomic E-state index is 10.9. The molecule has 0 aliphatic rings. The van der Waals surface area contributed by atoms with E-state index < -0.39 is 16.4 Å². The molecule has 170 valence electrons. The number of hydrogen-bond donors (Lipinski definition) is 4. The maximum atomic E-state index is 10.9. The van der Waals surface area contributed by atoms with E-state index in [0.29, 0.717) is 24.7 Å². The van der Waals surface area contributed by atoms with E-state index in [4.69, 9.17) is 32.1 Å². The number of rotatable bonds is 10. The minimum absolute atomic E-state index is 0.234. The number of hydrogen-bond acceptors (Lipinski definition) is 7. The Labute approximate surface area is 181 Å². The summed E-state index contributed by atoms with van der Waals surface area (Å²) in [6.45, 7) is 5.38. The molecule has 0 unspecified atom stereocenters. The Hall–Kier alpha value is -3.15. The summed E-state index contributed by atoms with van der Waals surface area (Å²) in [6, 6.07) is 12.0. The summed E-state index contributed by atoms with van der Waals surface area (Å²) in [4.78, 5) is 10.9. The summed E-state index contributed by atoms with van der Waals surface area (Å²) in [7, 11) is -4.67. The summed E-state index contributed by atoms with van der Waals surface area (Å²) in [5.41, 5.74) is 4.64. The number of carbonyl (C=O) groups is 1. The van der Waals surface area contributed by atoms with Gasteiger partial charge in [-0.25, -0.2) is 4.79 Å². The van der Waals surface area contributed by atoms with E-state index in [0.717, 1.165) is 24.2 Å². The summed E-state index contributed by atoms with van der Waals surface area (Å²) in [6.07, 6.45) is 3.52. The number of anilines is 1. The Kier molecular flexibility index (Phi) is 11.0. The highest BCUT2D eigenvalue weighted by molar-refractivity contribution is 7.79. The number of nitrogens with zero attached hydrogens (tertiary/aromatic N) is 1. The molecule has 2 aromatic carbocycles. The van der Waals surface area contributed by atoms with E-state index in [1.165, 1.54) is 12.1 Å². The first kappa shape index (κ1) is 25.9. The van der Waals surface area contributed by atoms with E-state index in [1.807, 2.05) is 25.1 Å². The second kappa shape index (κ2) is 13.2. The molecule has 0 atom stereocenters. The number of benzene rings is 2. The number of hydrazone groups is 1. The van der Waals surface area contributed by atoms with Crippen LogP contribution >= 0.6 is 0 Å². The first-order valence-corrected chi connectivity index (χ1v) is 10.8. The van der Waals surface area contributed by atoms with E-state index in [2.05, 4.69) is 17.5 Å². The van der Waals surface area contributed by atoms with Crippen LogP contribution in [0.15, 0.2) is 47.6 Å². The Morgan fingerprint density at radius 2 is 1.61 bits per heavy atom. The zero-order valence-electron chi connectivity index (χ0n) is 17.2. The third-order valence-electron chi connectivity index (χ3n) is 3.45. The summed E-state index contributed by atoms with van der Waals surface area (Å²) < 4.78 is 43.0. The van der Waals surface area contributed by atoms with Gasteiger partial charge >= 0.3 is 16.4 Å². The fourth-order valence-corrected chi connectivity index (χ4v) is 2.13. The van der Waals surface area contributed by atoms with E-state index in [9.17, 15) is 4.79 Å². The molecule has 0 bridgehead atoms. The van der Waals surface area contributed by atoms with Gasteiger partial charge in [0.1, 0.15) is 11.5 Å². The lowest BCUT2D eigenvalue weighted by atomic mass is 10.2. The van der Waals surface area contributed by atoms with Crippen LogP contribution in [0.1, 0.15) is 42.6 Å². The number of aromatic carboxylic acids is 1. The van der Waals surface area contributed by atoms with Gasteiger partial charge in [-0.15, -0.1) is 0 Å².